The van der Waals surface area contributed by atoms with Crippen LogP contribution in [-0.2, 0) is 4.74 Å². The number of ether oxygens (including phenoxy) is 1. The van der Waals surface area contributed by atoms with Crippen LogP contribution in [0.5, 0.6) is 0 Å². The summed E-state index contributed by atoms with van der Waals surface area (Å²) in [5.41, 5.74) is 0.988. The van der Waals surface area contributed by atoms with E-state index in [1.54, 1.807) is 4.90 Å². The van der Waals surface area contributed by atoms with Gasteiger partial charge in [0.25, 0.3) is 0 Å². The predicted molar refractivity (Wildman–Crippen MR) is 102 cm³/mol. The van der Waals surface area contributed by atoms with Crippen molar-refractivity contribution in [3.05, 3.63) is 56.6 Å². The molecular formula is C17H17BrINO2. The van der Waals surface area contributed by atoms with Crippen LogP contribution in [0, 0.1) is 3.57 Å². The molecule has 0 aliphatic heterocycles. The number of carbonyl (C=O) groups is 1. The largest absolute Gasteiger partial charge is 0.443 e. The SMILES string of the molecule is CC(C)(C)OC(=O)N(c1ccccc1Br)c1ccccc1I. The van der Waals surface area contributed by atoms with E-state index in [0.717, 1.165) is 19.4 Å². The van der Waals surface area contributed by atoms with Crippen LogP contribution >= 0.6 is 38.5 Å². The maximum Gasteiger partial charge on any atom is 0.419 e. The minimum absolute atomic E-state index is 0.400. The molecule has 0 heterocycles. The molecule has 22 heavy (non-hydrogen) atoms. The first-order valence-corrected chi connectivity index (χ1v) is 8.69. The molecule has 0 aromatic heterocycles. The minimum Gasteiger partial charge on any atom is -0.443 e. The van der Waals surface area contributed by atoms with Gasteiger partial charge in [-0.3, -0.25) is 0 Å². The number of halogens is 2. The number of rotatable bonds is 2. The van der Waals surface area contributed by atoms with Crippen molar-refractivity contribution in [3.8, 4) is 0 Å². The first-order valence-electron chi connectivity index (χ1n) is 6.82. The van der Waals surface area contributed by atoms with Crippen LogP contribution in [0.2, 0.25) is 0 Å². The van der Waals surface area contributed by atoms with E-state index >= 15 is 0 Å². The summed E-state index contributed by atoms with van der Waals surface area (Å²) >= 11 is 5.73. The molecule has 0 saturated heterocycles. The third-order valence-corrected chi connectivity index (χ3v) is 4.35. The second-order valence-corrected chi connectivity index (χ2v) is 7.74. The van der Waals surface area contributed by atoms with Crippen molar-refractivity contribution in [3.63, 3.8) is 0 Å². The van der Waals surface area contributed by atoms with Crippen LogP contribution in [0.25, 0.3) is 0 Å². The average molecular weight is 474 g/mol. The number of carbonyl (C=O) groups excluding carboxylic acids is 1. The quantitative estimate of drug-likeness (QED) is 0.491. The third kappa shape index (κ3) is 4.23. The van der Waals surface area contributed by atoms with Gasteiger partial charge in [0.1, 0.15) is 5.60 Å². The van der Waals surface area contributed by atoms with Crippen molar-refractivity contribution < 1.29 is 9.53 Å². The Morgan fingerprint density at radius 1 is 1.05 bits per heavy atom. The van der Waals surface area contributed by atoms with E-state index in [9.17, 15) is 4.79 Å². The van der Waals surface area contributed by atoms with Crippen molar-refractivity contribution in [2.75, 3.05) is 4.90 Å². The Morgan fingerprint density at radius 3 is 2.14 bits per heavy atom. The highest BCUT2D eigenvalue weighted by Gasteiger charge is 2.27. The molecule has 0 unspecified atom stereocenters. The Labute approximate surface area is 152 Å². The normalized spacial score (nSPS) is 11.1. The fourth-order valence-electron chi connectivity index (χ4n) is 1.90. The van der Waals surface area contributed by atoms with E-state index in [1.807, 2.05) is 69.3 Å². The van der Waals surface area contributed by atoms with E-state index in [1.165, 1.54) is 0 Å². The van der Waals surface area contributed by atoms with Crippen molar-refractivity contribution in [2.24, 2.45) is 0 Å². The number of amides is 1. The smallest absolute Gasteiger partial charge is 0.419 e. The van der Waals surface area contributed by atoms with E-state index in [0.29, 0.717) is 0 Å². The van der Waals surface area contributed by atoms with Crippen molar-refractivity contribution >= 4 is 56.0 Å². The molecule has 116 valence electrons. The molecule has 5 heteroatoms. The van der Waals surface area contributed by atoms with Gasteiger partial charge >= 0.3 is 6.09 Å². The van der Waals surface area contributed by atoms with Crippen LogP contribution in [-0.4, -0.2) is 11.7 Å². The molecule has 0 spiro atoms. The summed E-state index contributed by atoms with van der Waals surface area (Å²) < 4.78 is 7.39. The highest BCUT2D eigenvalue weighted by Crippen LogP contribution is 2.35. The van der Waals surface area contributed by atoms with Gasteiger partial charge in [0.05, 0.1) is 11.4 Å². The topological polar surface area (TPSA) is 29.5 Å². The van der Waals surface area contributed by atoms with Gasteiger partial charge in [0, 0.05) is 8.04 Å². The lowest BCUT2D eigenvalue weighted by Gasteiger charge is -2.28. The van der Waals surface area contributed by atoms with Crippen molar-refractivity contribution in [1.82, 2.24) is 0 Å². The Bertz CT molecular complexity index is 637. The third-order valence-electron chi connectivity index (χ3n) is 2.76. The summed E-state index contributed by atoms with van der Waals surface area (Å²) in [4.78, 5) is 14.3. The summed E-state index contributed by atoms with van der Waals surface area (Å²) in [6, 6.07) is 15.3. The summed E-state index contributed by atoms with van der Waals surface area (Å²) in [5, 5.41) is 0. The van der Waals surface area contributed by atoms with Crippen molar-refractivity contribution in [2.45, 2.75) is 26.4 Å². The lowest BCUT2D eigenvalue weighted by atomic mass is 10.2. The number of hydrogen-bond acceptors (Lipinski definition) is 2. The molecule has 0 saturated carbocycles. The lowest BCUT2D eigenvalue weighted by Crippen LogP contribution is -2.34. The molecule has 2 rings (SSSR count). The van der Waals surface area contributed by atoms with Gasteiger partial charge in [-0.1, -0.05) is 24.3 Å². The van der Waals surface area contributed by atoms with Crippen LogP contribution in [0.1, 0.15) is 20.8 Å². The highest BCUT2D eigenvalue weighted by atomic mass is 127. The zero-order valence-corrected chi connectivity index (χ0v) is 16.4. The zero-order valence-electron chi connectivity index (χ0n) is 12.6. The molecule has 0 aliphatic rings. The second kappa shape index (κ2) is 7.00. The van der Waals surface area contributed by atoms with Crippen LogP contribution in [0.4, 0.5) is 16.2 Å². The van der Waals surface area contributed by atoms with E-state index in [4.69, 9.17) is 4.74 Å². The Hall–Kier alpha value is -1.08. The predicted octanol–water partition coefficient (Wildman–Crippen LogP) is 6.13. The van der Waals surface area contributed by atoms with Gasteiger partial charge in [-0.2, -0.15) is 0 Å². The molecule has 0 N–H and O–H groups in total. The van der Waals surface area contributed by atoms with Gasteiger partial charge < -0.3 is 4.74 Å². The number of benzene rings is 2. The number of nitrogens with zero attached hydrogens (tertiary/aromatic N) is 1. The highest BCUT2D eigenvalue weighted by molar-refractivity contribution is 14.1. The molecule has 2 aromatic rings. The summed E-state index contributed by atoms with van der Waals surface area (Å²) in [5.74, 6) is 0. The Kier molecular flexibility index (Phi) is 5.50. The van der Waals surface area contributed by atoms with Gasteiger partial charge in [0.15, 0.2) is 0 Å². The van der Waals surface area contributed by atoms with Crippen LogP contribution in [0.15, 0.2) is 53.0 Å². The molecule has 1 amide bonds. The Balaban J connectivity index is 2.53. The Morgan fingerprint density at radius 2 is 1.59 bits per heavy atom. The molecular weight excluding hydrogens is 457 g/mol. The van der Waals surface area contributed by atoms with E-state index in [-0.39, 0.29) is 0 Å². The van der Waals surface area contributed by atoms with E-state index < -0.39 is 11.7 Å². The fraction of sp³-hybridized carbons (Fsp3) is 0.235. The molecule has 0 aliphatic carbocycles. The summed E-state index contributed by atoms with van der Waals surface area (Å²) in [6.07, 6.45) is -0.400. The standard InChI is InChI=1S/C17H17BrINO2/c1-17(2,3)22-16(21)20(14-10-6-4-8-12(14)18)15-11-7-5-9-13(15)19/h4-11H,1-3H3. The van der Waals surface area contributed by atoms with E-state index in [2.05, 4.69) is 38.5 Å². The number of para-hydroxylation sites is 2. The van der Waals surface area contributed by atoms with Crippen LogP contribution in [0.3, 0.4) is 0 Å². The van der Waals surface area contributed by atoms with Crippen LogP contribution < -0.4 is 4.90 Å². The van der Waals surface area contributed by atoms with Gasteiger partial charge in [-0.25, -0.2) is 9.69 Å². The maximum atomic E-state index is 12.7. The monoisotopic (exact) mass is 473 g/mol. The molecule has 0 radical (unpaired) electrons. The summed E-state index contributed by atoms with van der Waals surface area (Å²) in [7, 11) is 0. The van der Waals surface area contributed by atoms with Gasteiger partial charge in [-0.15, -0.1) is 0 Å². The number of hydrogen-bond donors (Lipinski definition) is 0. The number of anilines is 2. The first kappa shape index (κ1) is 17.3. The fourth-order valence-corrected chi connectivity index (χ4v) is 2.99. The molecule has 3 nitrogen and oxygen atoms in total. The molecule has 0 fully saturated rings. The van der Waals surface area contributed by atoms with Gasteiger partial charge in [0.2, 0.25) is 0 Å². The molecule has 2 aromatic carbocycles. The summed E-state index contributed by atoms with van der Waals surface area (Å²) in [6.45, 7) is 5.58. The molecule has 0 atom stereocenters. The zero-order chi connectivity index (χ0) is 16.3. The average Bonchev–Trinajstić information content (AvgIpc) is 2.41. The van der Waals surface area contributed by atoms with Gasteiger partial charge in [-0.05, 0) is 83.6 Å². The first-order chi connectivity index (χ1) is 10.3. The second-order valence-electron chi connectivity index (χ2n) is 5.72. The minimum atomic E-state index is -0.559. The maximum absolute atomic E-state index is 12.7. The molecule has 0 bridgehead atoms. The lowest BCUT2D eigenvalue weighted by molar-refractivity contribution is 0.0599. The van der Waals surface area contributed by atoms with Crippen molar-refractivity contribution in [1.29, 1.82) is 0 Å².